The lowest BCUT2D eigenvalue weighted by atomic mass is 10.4. The maximum Gasteiger partial charge on any atom is 0.258 e. The second-order valence-corrected chi connectivity index (χ2v) is 3.89. The number of rotatable bonds is 7. The summed E-state index contributed by atoms with van der Waals surface area (Å²) in [6.45, 7) is 3.40. The lowest BCUT2D eigenvalue weighted by Crippen LogP contribution is -2.28. The zero-order chi connectivity index (χ0) is 12.4. The Bertz CT molecular complexity index is 267. The highest BCUT2D eigenvalue weighted by atomic mass is 79.9. The topological polar surface area (TPSA) is 67.4 Å². The largest absolute Gasteiger partial charge is 0.383 e. The molecule has 0 aliphatic carbocycles. The number of amides is 2. The normalized spacial score (nSPS) is 11.1. The molecule has 0 fully saturated rings. The molecule has 2 amide bonds. The van der Waals surface area contributed by atoms with Crippen LogP contribution in [0, 0.1) is 0 Å². The van der Waals surface area contributed by atoms with Gasteiger partial charge in [-0.2, -0.15) is 0 Å². The molecule has 2 N–H and O–H groups in total. The van der Waals surface area contributed by atoms with Crippen molar-refractivity contribution in [2.45, 2.75) is 13.3 Å². The van der Waals surface area contributed by atoms with Crippen LogP contribution in [0.1, 0.15) is 13.3 Å². The van der Waals surface area contributed by atoms with E-state index >= 15 is 0 Å². The van der Waals surface area contributed by atoms with Crippen LogP contribution in [0.5, 0.6) is 0 Å². The molecule has 0 unspecified atom stereocenters. The molecule has 0 atom stereocenters. The number of methoxy groups -OCH3 is 1. The predicted octanol–water partition coefficient (Wildman–Crippen LogP) is 0.554. The molecule has 5 nitrogen and oxygen atoms in total. The second-order valence-electron chi connectivity index (χ2n) is 3.03. The molecule has 16 heavy (non-hydrogen) atoms. The molecule has 6 heteroatoms. The van der Waals surface area contributed by atoms with Gasteiger partial charge in [-0.25, -0.2) is 0 Å². The summed E-state index contributed by atoms with van der Waals surface area (Å²) < 4.78 is 4.98. The van der Waals surface area contributed by atoms with Gasteiger partial charge in [-0.1, -0.05) is 6.92 Å². The van der Waals surface area contributed by atoms with Crippen LogP contribution < -0.4 is 10.6 Å². The van der Waals surface area contributed by atoms with Crippen molar-refractivity contribution in [1.29, 1.82) is 0 Å². The van der Waals surface area contributed by atoms with Crippen LogP contribution in [0.2, 0.25) is 0 Å². The van der Waals surface area contributed by atoms with Gasteiger partial charge in [0.2, 0.25) is 5.91 Å². The Morgan fingerprint density at radius 1 is 1.31 bits per heavy atom. The van der Waals surface area contributed by atoms with E-state index in [9.17, 15) is 9.59 Å². The second kappa shape index (κ2) is 9.35. The minimum atomic E-state index is -0.330. The quantitative estimate of drug-likeness (QED) is 0.532. The molecule has 0 aromatic carbocycles. The summed E-state index contributed by atoms with van der Waals surface area (Å²) in [5.41, 5.74) is 0. The Morgan fingerprint density at radius 3 is 2.56 bits per heavy atom. The van der Waals surface area contributed by atoms with Crippen molar-refractivity contribution in [3.63, 3.8) is 0 Å². The maximum absolute atomic E-state index is 11.4. The van der Waals surface area contributed by atoms with Gasteiger partial charge in [0.1, 0.15) is 0 Å². The monoisotopic (exact) mass is 292 g/mol. The van der Waals surface area contributed by atoms with Crippen molar-refractivity contribution >= 4 is 27.7 Å². The van der Waals surface area contributed by atoms with E-state index in [1.807, 2.05) is 6.92 Å². The highest BCUT2D eigenvalue weighted by molar-refractivity contribution is 9.12. The third kappa shape index (κ3) is 7.42. The molecule has 0 rings (SSSR count). The van der Waals surface area contributed by atoms with Crippen molar-refractivity contribution in [2.24, 2.45) is 0 Å². The van der Waals surface area contributed by atoms with Gasteiger partial charge in [-0.3, -0.25) is 9.59 Å². The van der Waals surface area contributed by atoms with Gasteiger partial charge >= 0.3 is 0 Å². The Balaban J connectivity index is 4.00. The fourth-order valence-corrected chi connectivity index (χ4v) is 1.18. The van der Waals surface area contributed by atoms with Crippen LogP contribution in [0.4, 0.5) is 0 Å². The van der Waals surface area contributed by atoms with E-state index in [0.29, 0.717) is 19.7 Å². The SMILES string of the molecule is CCCNC(=O)C=C(Br)C(=O)NCCOC. The highest BCUT2D eigenvalue weighted by Gasteiger charge is 2.07. The number of halogens is 1. The van der Waals surface area contributed by atoms with E-state index in [-0.39, 0.29) is 16.3 Å². The molecule has 0 aromatic rings. The van der Waals surface area contributed by atoms with E-state index in [1.54, 1.807) is 7.11 Å². The van der Waals surface area contributed by atoms with Crippen LogP contribution in [-0.4, -0.2) is 38.6 Å². The molecule has 0 aromatic heterocycles. The van der Waals surface area contributed by atoms with Gasteiger partial charge < -0.3 is 15.4 Å². The molecule has 92 valence electrons. The third-order valence-corrected chi connectivity index (χ3v) is 2.20. The zero-order valence-corrected chi connectivity index (χ0v) is 11.1. The van der Waals surface area contributed by atoms with Crippen molar-refractivity contribution < 1.29 is 14.3 Å². The number of hydrogen-bond donors (Lipinski definition) is 2. The lowest BCUT2D eigenvalue weighted by Gasteiger charge is -2.03. The summed E-state index contributed by atoms with van der Waals surface area (Å²) in [6.07, 6.45) is 2.08. The van der Waals surface area contributed by atoms with Crippen LogP contribution in [0.15, 0.2) is 10.6 Å². The Kier molecular flexibility index (Phi) is 8.84. The lowest BCUT2D eigenvalue weighted by molar-refractivity contribution is -0.119. The summed E-state index contributed by atoms with van der Waals surface area (Å²) >= 11 is 3.04. The predicted molar refractivity (Wildman–Crippen MR) is 65.2 cm³/mol. The first kappa shape index (κ1) is 15.1. The molecule has 0 heterocycles. The fourth-order valence-electron chi connectivity index (χ4n) is 0.831. The maximum atomic E-state index is 11.4. The van der Waals surface area contributed by atoms with Gasteiger partial charge in [-0.05, 0) is 22.4 Å². The summed E-state index contributed by atoms with van der Waals surface area (Å²) in [5, 5.41) is 5.22. The van der Waals surface area contributed by atoms with Crippen molar-refractivity contribution in [3.05, 3.63) is 10.6 Å². The average molecular weight is 293 g/mol. The molecule has 0 spiro atoms. The minimum Gasteiger partial charge on any atom is -0.383 e. The number of carbonyl (C=O) groups excluding carboxylic acids is 2. The third-order valence-electron chi connectivity index (χ3n) is 1.62. The zero-order valence-electron chi connectivity index (χ0n) is 9.51. The molecule has 0 saturated heterocycles. The van der Waals surface area contributed by atoms with Crippen molar-refractivity contribution in [2.75, 3.05) is 26.8 Å². The number of hydrogen-bond acceptors (Lipinski definition) is 3. The van der Waals surface area contributed by atoms with E-state index in [2.05, 4.69) is 26.6 Å². The van der Waals surface area contributed by atoms with Crippen molar-refractivity contribution in [3.8, 4) is 0 Å². The van der Waals surface area contributed by atoms with Gasteiger partial charge in [0.15, 0.2) is 0 Å². The van der Waals surface area contributed by atoms with Crippen molar-refractivity contribution in [1.82, 2.24) is 10.6 Å². The molecular weight excluding hydrogens is 276 g/mol. The van der Waals surface area contributed by atoms with Crippen LogP contribution >= 0.6 is 15.9 Å². The molecule has 0 aliphatic rings. The van der Waals surface area contributed by atoms with Crippen LogP contribution in [0.3, 0.4) is 0 Å². The van der Waals surface area contributed by atoms with Crippen LogP contribution in [-0.2, 0) is 14.3 Å². The Hall–Kier alpha value is -0.880. The standard InChI is InChI=1S/C10H17BrN2O3/c1-3-4-12-9(14)7-8(11)10(15)13-5-6-16-2/h7H,3-6H2,1-2H3,(H,12,14)(H,13,15). The summed E-state index contributed by atoms with van der Waals surface area (Å²) in [7, 11) is 1.55. The highest BCUT2D eigenvalue weighted by Crippen LogP contribution is 2.03. The molecular formula is C10H17BrN2O3. The van der Waals surface area contributed by atoms with Gasteiger partial charge in [0.25, 0.3) is 5.91 Å². The van der Waals surface area contributed by atoms with E-state index < -0.39 is 0 Å². The smallest absolute Gasteiger partial charge is 0.258 e. The van der Waals surface area contributed by atoms with E-state index in [1.165, 1.54) is 6.08 Å². The number of ether oxygens (including phenoxy) is 1. The van der Waals surface area contributed by atoms with E-state index in [4.69, 9.17) is 4.74 Å². The summed E-state index contributed by atoms with van der Waals surface area (Å²) in [4.78, 5) is 22.6. The first-order valence-electron chi connectivity index (χ1n) is 5.04. The van der Waals surface area contributed by atoms with Gasteiger partial charge in [-0.15, -0.1) is 0 Å². The van der Waals surface area contributed by atoms with Gasteiger partial charge in [0, 0.05) is 26.3 Å². The van der Waals surface area contributed by atoms with Gasteiger partial charge in [0.05, 0.1) is 11.1 Å². The molecule has 0 aliphatic heterocycles. The molecule has 0 bridgehead atoms. The number of carbonyl (C=O) groups is 2. The van der Waals surface area contributed by atoms with Crippen LogP contribution in [0.25, 0.3) is 0 Å². The Labute approximate surface area is 104 Å². The van der Waals surface area contributed by atoms with E-state index in [0.717, 1.165) is 6.42 Å². The average Bonchev–Trinajstić information content (AvgIpc) is 2.26. The molecule has 0 radical (unpaired) electrons. The first-order valence-corrected chi connectivity index (χ1v) is 5.83. The fraction of sp³-hybridized carbons (Fsp3) is 0.600. The Morgan fingerprint density at radius 2 is 2.00 bits per heavy atom. The summed E-state index contributed by atoms with van der Waals surface area (Å²) in [6, 6.07) is 0. The minimum absolute atomic E-state index is 0.206. The first-order chi connectivity index (χ1) is 7.61. The molecule has 0 saturated carbocycles. The summed E-state index contributed by atoms with van der Waals surface area (Å²) in [5.74, 6) is -0.612. The number of nitrogens with one attached hydrogen (secondary N) is 2.